The topological polar surface area (TPSA) is 89.7 Å². The molecule has 98 valence electrons. The highest BCUT2D eigenvalue weighted by Crippen LogP contribution is 2.22. The van der Waals surface area contributed by atoms with Crippen LogP contribution in [-0.2, 0) is 27.7 Å². The Morgan fingerprint density at radius 2 is 2.11 bits per heavy atom. The molecule has 2 rings (SSSR count). The number of methoxy groups -OCH3 is 1. The van der Waals surface area contributed by atoms with E-state index in [1.54, 1.807) is 6.07 Å². The summed E-state index contributed by atoms with van der Waals surface area (Å²) in [6.45, 7) is 0.903. The Morgan fingerprint density at radius 1 is 1.39 bits per heavy atom. The van der Waals surface area contributed by atoms with E-state index in [2.05, 4.69) is 4.74 Å². The van der Waals surface area contributed by atoms with Gasteiger partial charge in [-0.15, -0.1) is 0 Å². The van der Waals surface area contributed by atoms with Crippen molar-refractivity contribution in [1.29, 1.82) is 0 Å². The number of nitrogens with zero attached hydrogens (tertiary/aromatic N) is 1. The molecule has 2 N–H and O–H groups in total. The van der Waals surface area contributed by atoms with Gasteiger partial charge in [0.2, 0.25) is 10.0 Å². The summed E-state index contributed by atoms with van der Waals surface area (Å²) in [7, 11) is -2.40. The highest BCUT2D eigenvalue weighted by molar-refractivity contribution is 7.89. The zero-order chi connectivity index (χ0) is 13.3. The molecule has 0 fully saturated rings. The Bertz CT molecular complexity index is 583. The molecule has 6 nitrogen and oxygen atoms in total. The zero-order valence-electron chi connectivity index (χ0n) is 9.92. The third-order valence-corrected chi connectivity index (χ3v) is 3.86. The van der Waals surface area contributed by atoms with Crippen molar-refractivity contribution in [2.75, 3.05) is 13.7 Å². The van der Waals surface area contributed by atoms with Crippen LogP contribution in [-0.4, -0.2) is 33.1 Å². The van der Waals surface area contributed by atoms with Crippen LogP contribution in [0.15, 0.2) is 23.1 Å². The van der Waals surface area contributed by atoms with Crippen LogP contribution >= 0.6 is 0 Å². The van der Waals surface area contributed by atoms with Gasteiger partial charge in [-0.1, -0.05) is 6.07 Å². The molecule has 0 atom stereocenters. The first-order valence-electron chi connectivity index (χ1n) is 5.39. The van der Waals surface area contributed by atoms with Crippen LogP contribution in [0, 0.1) is 0 Å². The first-order chi connectivity index (χ1) is 8.41. The van der Waals surface area contributed by atoms with Gasteiger partial charge in [0.1, 0.15) is 0 Å². The van der Waals surface area contributed by atoms with E-state index in [1.807, 2.05) is 0 Å². The summed E-state index contributed by atoms with van der Waals surface area (Å²) in [4.78, 5) is 13.0. The van der Waals surface area contributed by atoms with Crippen molar-refractivity contribution in [2.24, 2.45) is 5.14 Å². The Labute approximate surface area is 105 Å². The van der Waals surface area contributed by atoms with E-state index in [1.165, 1.54) is 24.1 Å². The highest BCUT2D eigenvalue weighted by atomic mass is 32.2. The molecule has 1 aliphatic rings. The number of benzene rings is 1. The predicted octanol–water partition coefficient (Wildman–Crippen LogP) is 0.459. The summed E-state index contributed by atoms with van der Waals surface area (Å²) in [5.41, 5.74) is 1.82. The SMILES string of the molecule is COC(=O)N1CCc2ccc(S(N)(=O)=O)cc2C1. The van der Waals surface area contributed by atoms with Crippen molar-refractivity contribution >= 4 is 16.1 Å². The fourth-order valence-electron chi connectivity index (χ4n) is 2.00. The van der Waals surface area contributed by atoms with Gasteiger partial charge in [-0.2, -0.15) is 0 Å². The van der Waals surface area contributed by atoms with Gasteiger partial charge >= 0.3 is 6.09 Å². The average molecular weight is 270 g/mol. The number of primary sulfonamides is 1. The molecule has 1 aromatic rings. The van der Waals surface area contributed by atoms with Gasteiger partial charge < -0.3 is 9.64 Å². The first-order valence-corrected chi connectivity index (χ1v) is 6.94. The Hall–Kier alpha value is -1.60. The summed E-state index contributed by atoms with van der Waals surface area (Å²) in [5.74, 6) is 0. The second kappa shape index (κ2) is 4.58. The zero-order valence-corrected chi connectivity index (χ0v) is 10.7. The fraction of sp³-hybridized carbons (Fsp3) is 0.364. The average Bonchev–Trinajstić information content (AvgIpc) is 2.35. The van der Waals surface area contributed by atoms with Gasteiger partial charge in [0, 0.05) is 13.1 Å². The number of fused-ring (bicyclic) bond motifs is 1. The van der Waals surface area contributed by atoms with Crippen LogP contribution < -0.4 is 5.14 Å². The van der Waals surface area contributed by atoms with E-state index in [0.717, 1.165) is 11.1 Å². The lowest BCUT2D eigenvalue weighted by Crippen LogP contribution is -2.35. The molecule has 7 heteroatoms. The fourth-order valence-corrected chi connectivity index (χ4v) is 2.56. The molecule has 1 heterocycles. The van der Waals surface area contributed by atoms with E-state index >= 15 is 0 Å². The van der Waals surface area contributed by atoms with Gasteiger partial charge in [0.15, 0.2) is 0 Å². The lowest BCUT2D eigenvalue weighted by atomic mass is 10.0. The van der Waals surface area contributed by atoms with Gasteiger partial charge in [0.05, 0.1) is 12.0 Å². The van der Waals surface area contributed by atoms with Gasteiger partial charge in [0.25, 0.3) is 0 Å². The number of rotatable bonds is 1. The Kier molecular flexibility index (Phi) is 3.27. The van der Waals surface area contributed by atoms with E-state index in [0.29, 0.717) is 19.5 Å². The van der Waals surface area contributed by atoms with Crippen molar-refractivity contribution in [2.45, 2.75) is 17.9 Å². The molecule has 0 aliphatic carbocycles. The van der Waals surface area contributed by atoms with Crippen LogP contribution in [0.2, 0.25) is 0 Å². The van der Waals surface area contributed by atoms with Crippen molar-refractivity contribution in [3.8, 4) is 0 Å². The summed E-state index contributed by atoms with van der Waals surface area (Å²) in [5, 5.41) is 5.08. The van der Waals surface area contributed by atoms with E-state index in [4.69, 9.17) is 5.14 Å². The van der Waals surface area contributed by atoms with Crippen LogP contribution in [0.1, 0.15) is 11.1 Å². The standard InChI is InChI=1S/C11H14N2O4S/c1-17-11(14)13-5-4-8-2-3-10(18(12,15)16)6-9(8)7-13/h2-3,6H,4-5,7H2,1H3,(H2,12,15,16). The number of sulfonamides is 1. The first kappa shape index (κ1) is 12.8. The third-order valence-electron chi connectivity index (χ3n) is 2.95. The highest BCUT2D eigenvalue weighted by Gasteiger charge is 2.22. The van der Waals surface area contributed by atoms with Crippen molar-refractivity contribution in [3.63, 3.8) is 0 Å². The maximum atomic E-state index is 11.4. The van der Waals surface area contributed by atoms with Crippen LogP contribution in [0.5, 0.6) is 0 Å². The maximum absolute atomic E-state index is 11.4. The summed E-state index contributed by atoms with van der Waals surface area (Å²) >= 11 is 0. The molecule has 0 bridgehead atoms. The molecule has 1 aromatic carbocycles. The molecule has 0 saturated carbocycles. The summed E-state index contributed by atoms with van der Waals surface area (Å²) < 4.78 is 27.2. The Morgan fingerprint density at radius 3 is 2.72 bits per heavy atom. The third kappa shape index (κ3) is 2.46. The molecule has 0 unspecified atom stereocenters. The van der Waals surface area contributed by atoms with Crippen LogP contribution in [0.25, 0.3) is 0 Å². The number of amides is 1. The second-order valence-electron chi connectivity index (χ2n) is 4.12. The largest absolute Gasteiger partial charge is 0.453 e. The number of hydrogen-bond donors (Lipinski definition) is 1. The molecular weight excluding hydrogens is 256 g/mol. The van der Waals surface area contributed by atoms with Crippen LogP contribution in [0.4, 0.5) is 4.79 Å². The number of ether oxygens (including phenoxy) is 1. The number of nitrogens with two attached hydrogens (primary N) is 1. The molecule has 0 spiro atoms. The molecule has 1 amide bonds. The normalized spacial score (nSPS) is 15.1. The second-order valence-corrected chi connectivity index (χ2v) is 5.68. The number of carbonyl (C=O) groups excluding carboxylic acids is 1. The Balaban J connectivity index is 2.33. The van der Waals surface area contributed by atoms with Crippen molar-refractivity contribution in [1.82, 2.24) is 4.90 Å². The minimum Gasteiger partial charge on any atom is -0.453 e. The lowest BCUT2D eigenvalue weighted by molar-refractivity contribution is 0.118. The minimum absolute atomic E-state index is 0.0629. The molecule has 1 aliphatic heterocycles. The molecule has 0 aromatic heterocycles. The molecule has 0 saturated heterocycles. The van der Waals surface area contributed by atoms with Crippen molar-refractivity contribution < 1.29 is 17.9 Å². The van der Waals surface area contributed by atoms with Gasteiger partial charge in [-0.25, -0.2) is 18.4 Å². The lowest BCUT2D eigenvalue weighted by Gasteiger charge is -2.27. The smallest absolute Gasteiger partial charge is 0.409 e. The molecule has 0 radical (unpaired) electrons. The van der Waals surface area contributed by atoms with Gasteiger partial charge in [-0.3, -0.25) is 0 Å². The monoisotopic (exact) mass is 270 g/mol. The maximum Gasteiger partial charge on any atom is 0.409 e. The van der Waals surface area contributed by atoms with E-state index < -0.39 is 16.1 Å². The number of hydrogen-bond acceptors (Lipinski definition) is 4. The number of carbonyl (C=O) groups is 1. The quantitative estimate of drug-likeness (QED) is 0.802. The van der Waals surface area contributed by atoms with Crippen LogP contribution in [0.3, 0.4) is 0 Å². The molecule has 18 heavy (non-hydrogen) atoms. The summed E-state index contributed by atoms with van der Waals surface area (Å²) in [6, 6.07) is 4.74. The van der Waals surface area contributed by atoms with E-state index in [9.17, 15) is 13.2 Å². The predicted molar refractivity (Wildman–Crippen MR) is 64.3 cm³/mol. The van der Waals surface area contributed by atoms with Crippen molar-refractivity contribution in [3.05, 3.63) is 29.3 Å². The molecular formula is C11H14N2O4S. The minimum atomic E-state index is -3.71. The van der Waals surface area contributed by atoms with Gasteiger partial charge in [-0.05, 0) is 29.7 Å². The van der Waals surface area contributed by atoms with E-state index in [-0.39, 0.29) is 4.90 Å². The summed E-state index contributed by atoms with van der Waals surface area (Å²) in [6.07, 6.45) is 0.261.